The molecule has 1 saturated heterocycles. The third-order valence-corrected chi connectivity index (χ3v) is 5.75. The number of piperidine rings is 1. The molecule has 7 nitrogen and oxygen atoms in total. The Kier molecular flexibility index (Phi) is 6.04. The molecule has 8 heteroatoms. The quantitative estimate of drug-likeness (QED) is 0.583. The fourth-order valence-electron chi connectivity index (χ4n) is 3.79. The largest absolute Gasteiger partial charge is 0.459 e. The van der Waals surface area contributed by atoms with E-state index in [0.29, 0.717) is 47.9 Å². The van der Waals surface area contributed by atoms with Gasteiger partial charge in [-0.3, -0.25) is 18.8 Å². The summed E-state index contributed by atoms with van der Waals surface area (Å²) in [6.45, 7) is 2.74. The first-order valence-electron chi connectivity index (χ1n) is 10.1. The van der Waals surface area contributed by atoms with E-state index in [1.54, 1.807) is 35.2 Å². The Labute approximate surface area is 184 Å². The third-order valence-electron chi connectivity index (χ3n) is 5.50. The van der Waals surface area contributed by atoms with Gasteiger partial charge in [0.25, 0.3) is 11.5 Å². The monoisotopic (exact) mass is 439 g/mol. The highest BCUT2D eigenvalue weighted by atomic mass is 35.5. The molecule has 1 aromatic carbocycles. The normalized spacial score (nSPS) is 14.6. The predicted octanol–water partition coefficient (Wildman–Crippen LogP) is 3.25. The number of carbonyl (C=O) groups is 2. The van der Waals surface area contributed by atoms with E-state index < -0.39 is 0 Å². The minimum Gasteiger partial charge on any atom is -0.459 e. The Morgan fingerprint density at radius 2 is 1.84 bits per heavy atom. The van der Waals surface area contributed by atoms with Gasteiger partial charge in [-0.1, -0.05) is 17.7 Å². The van der Waals surface area contributed by atoms with Crippen LogP contribution in [0.5, 0.6) is 0 Å². The minimum absolute atomic E-state index is 0.0531. The Hall–Kier alpha value is -3.19. The van der Waals surface area contributed by atoms with Gasteiger partial charge in [0.05, 0.1) is 11.6 Å². The molecule has 1 fully saturated rings. The zero-order valence-corrected chi connectivity index (χ0v) is 17.8. The van der Waals surface area contributed by atoms with Gasteiger partial charge in [-0.05, 0) is 56.2 Å². The number of benzene rings is 1. The third kappa shape index (κ3) is 4.61. The molecular weight excluding hydrogens is 418 g/mol. The van der Waals surface area contributed by atoms with Crippen LogP contribution in [0.2, 0.25) is 5.02 Å². The number of likely N-dealkylation sites (tertiary alicyclic amines) is 1. The van der Waals surface area contributed by atoms with Crippen LogP contribution in [0.25, 0.3) is 5.65 Å². The van der Waals surface area contributed by atoms with Gasteiger partial charge >= 0.3 is 5.97 Å². The van der Waals surface area contributed by atoms with Gasteiger partial charge in [-0.25, -0.2) is 4.98 Å². The highest BCUT2D eigenvalue weighted by Gasteiger charge is 2.29. The summed E-state index contributed by atoms with van der Waals surface area (Å²) >= 11 is 5.87. The molecule has 31 heavy (non-hydrogen) atoms. The SMILES string of the molecule is Cc1cccc2nc(COC(=O)C3CCN(C(=O)c4ccc(Cl)cc4)CC3)cc(=O)n12. The first kappa shape index (κ1) is 21.1. The van der Waals surface area contributed by atoms with E-state index in [9.17, 15) is 14.4 Å². The predicted molar refractivity (Wildman–Crippen MR) is 116 cm³/mol. The van der Waals surface area contributed by atoms with Crippen molar-refractivity contribution in [3.63, 3.8) is 0 Å². The number of rotatable bonds is 4. The molecule has 4 rings (SSSR count). The Morgan fingerprint density at radius 3 is 2.55 bits per heavy atom. The van der Waals surface area contributed by atoms with Crippen LogP contribution < -0.4 is 5.56 Å². The molecule has 0 aliphatic carbocycles. The van der Waals surface area contributed by atoms with E-state index in [1.165, 1.54) is 10.5 Å². The number of ether oxygens (including phenoxy) is 1. The maximum absolute atomic E-state index is 12.6. The first-order valence-corrected chi connectivity index (χ1v) is 10.5. The summed E-state index contributed by atoms with van der Waals surface area (Å²) in [6.07, 6.45) is 1.07. The topological polar surface area (TPSA) is 81.0 Å². The van der Waals surface area contributed by atoms with Gasteiger partial charge in [0, 0.05) is 35.4 Å². The van der Waals surface area contributed by atoms with Crippen LogP contribution in [0, 0.1) is 12.8 Å². The maximum atomic E-state index is 12.6. The van der Waals surface area contributed by atoms with Crippen LogP contribution >= 0.6 is 11.6 Å². The van der Waals surface area contributed by atoms with E-state index in [4.69, 9.17) is 16.3 Å². The van der Waals surface area contributed by atoms with Crippen LogP contribution in [0.3, 0.4) is 0 Å². The van der Waals surface area contributed by atoms with E-state index in [-0.39, 0.29) is 30.0 Å². The smallest absolute Gasteiger partial charge is 0.309 e. The second-order valence-corrected chi connectivity index (χ2v) is 8.06. The number of halogens is 1. The van der Waals surface area contributed by atoms with E-state index in [0.717, 1.165) is 5.69 Å². The van der Waals surface area contributed by atoms with Crippen molar-refractivity contribution in [1.82, 2.24) is 14.3 Å². The molecule has 0 saturated carbocycles. The van der Waals surface area contributed by atoms with E-state index >= 15 is 0 Å². The molecular formula is C23H22ClN3O4. The lowest BCUT2D eigenvalue weighted by molar-refractivity contribution is -0.151. The molecule has 1 aliphatic heterocycles. The fourth-order valence-corrected chi connectivity index (χ4v) is 3.92. The lowest BCUT2D eigenvalue weighted by Gasteiger charge is -2.31. The van der Waals surface area contributed by atoms with Crippen LogP contribution in [0.15, 0.2) is 53.3 Å². The molecule has 0 spiro atoms. The number of hydrogen-bond acceptors (Lipinski definition) is 5. The highest BCUT2D eigenvalue weighted by molar-refractivity contribution is 6.30. The van der Waals surface area contributed by atoms with Gasteiger partial charge < -0.3 is 9.64 Å². The standard InChI is InChI=1S/C23H22ClN3O4/c1-15-3-2-4-20-25-19(13-21(28)27(15)20)14-31-23(30)17-9-11-26(12-10-17)22(29)16-5-7-18(24)8-6-16/h2-8,13,17H,9-12,14H2,1H3. The number of carbonyl (C=O) groups excluding carboxylic acids is 2. The van der Waals surface area contributed by atoms with Crippen molar-refractivity contribution in [2.45, 2.75) is 26.4 Å². The van der Waals surface area contributed by atoms with Gasteiger partial charge in [-0.15, -0.1) is 0 Å². The van der Waals surface area contributed by atoms with Crippen molar-refractivity contribution in [3.05, 3.63) is 80.9 Å². The Morgan fingerprint density at radius 1 is 1.13 bits per heavy atom. The fraction of sp³-hybridized carbons (Fsp3) is 0.304. The molecule has 1 aliphatic rings. The lowest BCUT2D eigenvalue weighted by atomic mass is 9.96. The second-order valence-electron chi connectivity index (χ2n) is 7.63. The number of amides is 1. The van der Waals surface area contributed by atoms with E-state index in [1.807, 2.05) is 19.1 Å². The number of esters is 1. The molecule has 0 bridgehead atoms. The van der Waals surface area contributed by atoms with Gasteiger partial charge in [0.1, 0.15) is 12.3 Å². The molecule has 3 aromatic rings. The van der Waals surface area contributed by atoms with Crippen LogP contribution in [0.1, 0.15) is 34.6 Å². The zero-order chi connectivity index (χ0) is 22.0. The highest BCUT2D eigenvalue weighted by Crippen LogP contribution is 2.21. The summed E-state index contributed by atoms with van der Waals surface area (Å²) < 4.78 is 6.94. The van der Waals surface area contributed by atoms with Crippen LogP contribution in [-0.4, -0.2) is 39.3 Å². The van der Waals surface area contributed by atoms with E-state index in [2.05, 4.69) is 4.98 Å². The van der Waals surface area contributed by atoms with Crippen LogP contribution in [0.4, 0.5) is 0 Å². The molecule has 3 heterocycles. The number of aryl methyl sites for hydroxylation is 1. The maximum Gasteiger partial charge on any atom is 0.309 e. The zero-order valence-electron chi connectivity index (χ0n) is 17.1. The number of fused-ring (bicyclic) bond motifs is 1. The molecule has 0 radical (unpaired) electrons. The van der Waals surface area contributed by atoms with Crippen molar-refractivity contribution < 1.29 is 14.3 Å². The van der Waals surface area contributed by atoms with Crippen LogP contribution in [-0.2, 0) is 16.1 Å². The molecule has 160 valence electrons. The van der Waals surface area contributed by atoms with Gasteiger partial charge in [-0.2, -0.15) is 0 Å². The van der Waals surface area contributed by atoms with Crippen molar-refractivity contribution in [2.75, 3.05) is 13.1 Å². The summed E-state index contributed by atoms with van der Waals surface area (Å²) in [5.74, 6) is -0.678. The molecule has 0 atom stereocenters. The van der Waals surface area contributed by atoms with Gasteiger partial charge in [0.15, 0.2) is 0 Å². The van der Waals surface area contributed by atoms with Crippen molar-refractivity contribution in [1.29, 1.82) is 0 Å². The number of hydrogen-bond donors (Lipinski definition) is 0. The Bertz CT molecular complexity index is 1180. The average molecular weight is 440 g/mol. The molecule has 0 unspecified atom stereocenters. The summed E-state index contributed by atoms with van der Waals surface area (Å²) in [5, 5.41) is 0.580. The molecule has 0 N–H and O–H groups in total. The second kappa shape index (κ2) is 8.89. The van der Waals surface area contributed by atoms with Crippen molar-refractivity contribution >= 4 is 29.1 Å². The summed E-state index contributed by atoms with van der Waals surface area (Å²) in [5.41, 5.74) is 2.10. The average Bonchev–Trinajstić information content (AvgIpc) is 2.77. The minimum atomic E-state index is -0.329. The summed E-state index contributed by atoms with van der Waals surface area (Å²) in [4.78, 5) is 43.6. The lowest BCUT2D eigenvalue weighted by Crippen LogP contribution is -2.40. The molecule has 1 amide bonds. The van der Waals surface area contributed by atoms with Gasteiger partial charge in [0.2, 0.25) is 0 Å². The Balaban J connectivity index is 1.33. The number of aromatic nitrogens is 2. The number of pyridine rings is 1. The summed E-state index contributed by atoms with van der Waals surface area (Å²) in [7, 11) is 0. The first-order chi connectivity index (χ1) is 14.9. The van der Waals surface area contributed by atoms with Crippen molar-refractivity contribution in [2.24, 2.45) is 5.92 Å². The number of nitrogens with zero attached hydrogens (tertiary/aromatic N) is 3. The molecule has 2 aromatic heterocycles. The van der Waals surface area contributed by atoms with Crippen molar-refractivity contribution in [3.8, 4) is 0 Å². The summed E-state index contributed by atoms with van der Waals surface area (Å²) in [6, 6.07) is 13.6.